The molecule has 0 aromatic rings. The van der Waals surface area contributed by atoms with Crippen LogP contribution in [0.1, 0.15) is 20.3 Å². The Bertz CT molecular complexity index is 198. The third kappa shape index (κ3) is 3.94. The summed E-state index contributed by atoms with van der Waals surface area (Å²) in [7, 11) is 0. The Labute approximate surface area is 77.5 Å². The van der Waals surface area contributed by atoms with Gasteiger partial charge in [-0.3, -0.25) is 4.79 Å². The molecule has 76 valence electrons. The van der Waals surface area contributed by atoms with E-state index in [4.69, 9.17) is 15.3 Å². The molecule has 4 heteroatoms. The maximum Gasteiger partial charge on any atom is 0.307 e. The zero-order valence-electron chi connectivity index (χ0n) is 7.90. The van der Waals surface area contributed by atoms with Crippen molar-refractivity contribution in [3.05, 3.63) is 11.8 Å². The van der Waals surface area contributed by atoms with Crippen LogP contribution >= 0.6 is 0 Å². The standard InChI is InChI=1S/C9H16O4/c1-3-8(9(12)13)6(2)4-7(11)5-10/h4,6,8,10-11H,3,5H2,1-2H3,(H,12,13)/b7-4+. The van der Waals surface area contributed by atoms with E-state index >= 15 is 0 Å². The average molecular weight is 188 g/mol. The molecule has 0 saturated heterocycles. The highest BCUT2D eigenvalue weighted by Crippen LogP contribution is 2.17. The molecule has 0 amide bonds. The first kappa shape index (κ1) is 12.0. The first-order valence-electron chi connectivity index (χ1n) is 4.26. The second-order valence-corrected chi connectivity index (χ2v) is 3.03. The molecule has 0 radical (unpaired) electrons. The normalized spacial score (nSPS) is 16.7. The van der Waals surface area contributed by atoms with Crippen LogP contribution in [-0.2, 0) is 4.79 Å². The number of aliphatic hydroxyl groups is 2. The van der Waals surface area contributed by atoms with Crippen molar-refractivity contribution in [3.8, 4) is 0 Å². The van der Waals surface area contributed by atoms with E-state index in [1.54, 1.807) is 13.8 Å². The molecule has 2 unspecified atom stereocenters. The van der Waals surface area contributed by atoms with Crippen LogP contribution in [0.2, 0.25) is 0 Å². The predicted molar refractivity (Wildman–Crippen MR) is 48.4 cm³/mol. The Morgan fingerprint density at radius 1 is 1.46 bits per heavy atom. The summed E-state index contributed by atoms with van der Waals surface area (Å²) in [6.07, 6.45) is 1.88. The van der Waals surface area contributed by atoms with Gasteiger partial charge in [0.2, 0.25) is 0 Å². The van der Waals surface area contributed by atoms with Crippen LogP contribution in [0.4, 0.5) is 0 Å². The predicted octanol–water partition coefficient (Wildman–Crippen LogP) is 1.17. The molecule has 0 saturated carbocycles. The molecule has 3 N–H and O–H groups in total. The summed E-state index contributed by atoms with van der Waals surface area (Å²) >= 11 is 0. The van der Waals surface area contributed by atoms with Crippen molar-refractivity contribution in [3.63, 3.8) is 0 Å². The number of allylic oxidation sites excluding steroid dienone is 1. The fourth-order valence-corrected chi connectivity index (χ4v) is 1.24. The molecule has 4 nitrogen and oxygen atoms in total. The van der Waals surface area contributed by atoms with Crippen LogP contribution in [0.25, 0.3) is 0 Å². The van der Waals surface area contributed by atoms with Crippen molar-refractivity contribution in [1.82, 2.24) is 0 Å². The number of aliphatic hydroxyl groups excluding tert-OH is 2. The molecule has 0 fully saturated rings. The van der Waals surface area contributed by atoms with Crippen LogP contribution in [-0.4, -0.2) is 27.9 Å². The van der Waals surface area contributed by atoms with Crippen molar-refractivity contribution in [2.24, 2.45) is 11.8 Å². The molecule has 0 aliphatic carbocycles. The van der Waals surface area contributed by atoms with Crippen molar-refractivity contribution < 1.29 is 20.1 Å². The van der Waals surface area contributed by atoms with Crippen LogP contribution in [0.5, 0.6) is 0 Å². The Morgan fingerprint density at radius 3 is 2.31 bits per heavy atom. The summed E-state index contributed by atoms with van der Waals surface area (Å²) in [6, 6.07) is 0. The molecule has 0 aliphatic heterocycles. The zero-order valence-corrected chi connectivity index (χ0v) is 7.90. The van der Waals surface area contributed by atoms with E-state index in [9.17, 15) is 4.79 Å². The molecule has 13 heavy (non-hydrogen) atoms. The number of hydrogen-bond donors (Lipinski definition) is 3. The van der Waals surface area contributed by atoms with Gasteiger partial charge in [0.15, 0.2) is 0 Å². The fraction of sp³-hybridized carbons (Fsp3) is 0.667. The lowest BCUT2D eigenvalue weighted by Crippen LogP contribution is -2.19. The van der Waals surface area contributed by atoms with Gasteiger partial charge < -0.3 is 15.3 Å². The summed E-state index contributed by atoms with van der Waals surface area (Å²) in [5.41, 5.74) is 0. The number of rotatable bonds is 5. The summed E-state index contributed by atoms with van der Waals surface area (Å²) in [4.78, 5) is 10.7. The smallest absolute Gasteiger partial charge is 0.307 e. The topological polar surface area (TPSA) is 77.8 Å². The molecular weight excluding hydrogens is 172 g/mol. The second kappa shape index (κ2) is 5.59. The van der Waals surface area contributed by atoms with Gasteiger partial charge in [-0.05, 0) is 18.4 Å². The lowest BCUT2D eigenvalue weighted by atomic mass is 9.91. The third-order valence-corrected chi connectivity index (χ3v) is 2.01. The molecule has 0 aromatic carbocycles. The maximum atomic E-state index is 10.7. The minimum Gasteiger partial charge on any atom is -0.510 e. The quantitative estimate of drug-likeness (QED) is 0.566. The molecule has 0 bridgehead atoms. The highest BCUT2D eigenvalue weighted by molar-refractivity contribution is 5.70. The van der Waals surface area contributed by atoms with Gasteiger partial charge in [0.1, 0.15) is 5.76 Å². The number of aliphatic carboxylic acids is 1. The van der Waals surface area contributed by atoms with E-state index in [1.807, 2.05) is 0 Å². The van der Waals surface area contributed by atoms with E-state index in [0.29, 0.717) is 6.42 Å². The zero-order chi connectivity index (χ0) is 10.4. The van der Waals surface area contributed by atoms with E-state index in [2.05, 4.69) is 0 Å². The van der Waals surface area contributed by atoms with Gasteiger partial charge in [0.05, 0.1) is 12.5 Å². The number of carboxylic acids is 1. The highest BCUT2D eigenvalue weighted by Gasteiger charge is 2.21. The van der Waals surface area contributed by atoms with Crippen molar-refractivity contribution >= 4 is 5.97 Å². The molecule has 2 atom stereocenters. The van der Waals surface area contributed by atoms with Crippen LogP contribution in [0, 0.1) is 11.8 Å². The monoisotopic (exact) mass is 188 g/mol. The van der Waals surface area contributed by atoms with Gasteiger partial charge in [-0.15, -0.1) is 0 Å². The average Bonchev–Trinajstić information content (AvgIpc) is 2.04. The second-order valence-electron chi connectivity index (χ2n) is 3.03. The lowest BCUT2D eigenvalue weighted by molar-refractivity contribution is -0.143. The number of hydrogen-bond acceptors (Lipinski definition) is 3. The van der Waals surface area contributed by atoms with E-state index < -0.39 is 18.5 Å². The van der Waals surface area contributed by atoms with Crippen LogP contribution in [0.15, 0.2) is 11.8 Å². The van der Waals surface area contributed by atoms with Crippen molar-refractivity contribution in [1.29, 1.82) is 0 Å². The number of carbonyl (C=O) groups is 1. The minimum atomic E-state index is -0.878. The molecule has 0 aliphatic rings. The van der Waals surface area contributed by atoms with Gasteiger partial charge in [0.25, 0.3) is 0 Å². The third-order valence-electron chi connectivity index (χ3n) is 2.01. The molecule has 0 heterocycles. The Kier molecular flexibility index (Phi) is 5.14. The number of carboxylic acid groups (broad SMARTS) is 1. The van der Waals surface area contributed by atoms with Gasteiger partial charge >= 0.3 is 5.97 Å². The van der Waals surface area contributed by atoms with Gasteiger partial charge in [0, 0.05) is 0 Å². The first-order valence-corrected chi connectivity index (χ1v) is 4.26. The summed E-state index contributed by atoms with van der Waals surface area (Å²) in [6.45, 7) is 3.04. The van der Waals surface area contributed by atoms with Gasteiger partial charge in [-0.25, -0.2) is 0 Å². The van der Waals surface area contributed by atoms with Crippen molar-refractivity contribution in [2.45, 2.75) is 20.3 Å². The molecule has 0 rings (SSSR count). The maximum absolute atomic E-state index is 10.7. The Hall–Kier alpha value is -1.03. The van der Waals surface area contributed by atoms with Gasteiger partial charge in [-0.2, -0.15) is 0 Å². The Balaban J connectivity index is 4.37. The summed E-state index contributed by atoms with van der Waals surface area (Å²) in [5, 5.41) is 26.2. The van der Waals surface area contributed by atoms with Crippen molar-refractivity contribution in [2.75, 3.05) is 6.61 Å². The van der Waals surface area contributed by atoms with Gasteiger partial charge in [-0.1, -0.05) is 13.8 Å². The van der Waals surface area contributed by atoms with Crippen LogP contribution in [0.3, 0.4) is 0 Å². The fourth-order valence-electron chi connectivity index (χ4n) is 1.24. The first-order chi connectivity index (χ1) is 6.02. The highest BCUT2D eigenvalue weighted by atomic mass is 16.4. The van der Waals surface area contributed by atoms with E-state index in [1.165, 1.54) is 6.08 Å². The van der Waals surface area contributed by atoms with Crippen LogP contribution < -0.4 is 0 Å². The molecule has 0 spiro atoms. The largest absolute Gasteiger partial charge is 0.510 e. The molecular formula is C9H16O4. The SMILES string of the molecule is CCC(C(=O)O)C(C)/C=C(/O)CO. The summed E-state index contributed by atoms with van der Waals surface area (Å²) < 4.78 is 0. The Morgan fingerprint density at radius 2 is 2.00 bits per heavy atom. The van der Waals surface area contributed by atoms with E-state index in [-0.39, 0.29) is 11.7 Å². The molecule has 0 aromatic heterocycles. The minimum absolute atomic E-state index is 0.174. The van der Waals surface area contributed by atoms with E-state index in [0.717, 1.165) is 0 Å². The lowest BCUT2D eigenvalue weighted by Gasteiger charge is -2.14. The summed E-state index contributed by atoms with van der Waals surface area (Å²) in [5.74, 6) is -1.83.